The molecule has 110 valence electrons. The highest BCUT2D eigenvalue weighted by Gasteiger charge is 2.21. The summed E-state index contributed by atoms with van der Waals surface area (Å²) >= 11 is 0. The van der Waals surface area contributed by atoms with E-state index in [1.807, 2.05) is 12.1 Å². The molecule has 0 spiro atoms. The quantitative estimate of drug-likeness (QED) is 0.904. The summed E-state index contributed by atoms with van der Waals surface area (Å²) < 4.78 is 5.29. The lowest BCUT2D eigenvalue weighted by molar-refractivity contribution is 0.415. The number of anilines is 2. The fourth-order valence-electron chi connectivity index (χ4n) is 2.94. The molecule has 0 aromatic heterocycles. The van der Waals surface area contributed by atoms with Gasteiger partial charge >= 0.3 is 0 Å². The molecule has 0 radical (unpaired) electrons. The summed E-state index contributed by atoms with van der Waals surface area (Å²) in [5.41, 5.74) is 3.96. The third-order valence-electron chi connectivity index (χ3n) is 4.25. The second-order valence-electron chi connectivity index (χ2n) is 5.58. The van der Waals surface area contributed by atoms with Gasteiger partial charge in [-0.2, -0.15) is 0 Å². The average molecular weight is 282 g/mol. The van der Waals surface area contributed by atoms with E-state index in [-0.39, 0.29) is 0 Å². The SMILES string of the molecule is COc1cccc(N(C)CCC2CNc3ccccc32)c1. The molecule has 21 heavy (non-hydrogen) atoms. The normalized spacial score (nSPS) is 16.2. The molecule has 3 nitrogen and oxygen atoms in total. The van der Waals surface area contributed by atoms with E-state index >= 15 is 0 Å². The Balaban J connectivity index is 1.63. The predicted molar refractivity (Wildman–Crippen MR) is 88.6 cm³/mol. The summed E-state index contributed by atoms with van der Waals surface area (Å²) in [4.78, 5) is 2.30. The number of fused-ring (bicyclic) bond motifs is 1. The molecule has 3 rings (SSSR count). The van der Waals surface area contributed by atoms with E-state index in [0.717, 1.165) is 25.3 Å². The van der Waals surface area contributed by atoms with E-state index in [9.17, 15) is 0 Å². The molecule has 0 saturated carbocycles. The van der Waals surface area contributed by atoms with Gasteiger partial charge in [0.05, 0.1) is 7.11 Å². The number of ether oxygens (including phenoxy) is 1. The van der Waals surface area contributed by atoms with Gasteiger partial charge in [0.25, 0.3) is 0 Å². The van der Waals surface area contributed by atoms with E-state index in [4.69, 9.17) is 4.74 Å². The third-order valence-corrected chi connectivity index (χ3v) is 4.25. The fourth-order valence-corrected chi connectivity index (χ4v) is 2.94. The molecule has 1 N–H and O–H groups in total. The Morgan fingerprint density at radius 3 is 2.90 bits per heavy atom. The Hall–Kier alpha value is -2.16. The lowest BCUT2D eigenvalue weighted by Crippen LogP contribution is -2.21. The summed E-state index contributed by atoms with van der Waals surface area (Å²) in [7, 11) is 3.85. The maximum Gasteiger partial charge on any atom is 0.120 e. The van der Waals surface area contributed by atoms with Crippen LogP contribution in [0.2, 0.25) is 0 Å². The first-order chi connectivity index (χ1) is 10.3. The maximum absolute atomic E-state index is 5.29. The third kappa shape index (κ3) is 2.97. The van der Waals surface area contributed by atoms with E-state index in [2.05, 4.69) is 53.7 Å². The number of nitrogens with one attached hydrogen (secondary N) is 1. The zero-order valence-electron chi connectivity index (χ0n) is 12.7. The van der Waals surface area contributed by atoms with E-state index in [0.29, 0.717) is 5.92 Å². The number of benzene rings is 2. The number of hydrogen-bond acceptors (Lipinski definition) is 3. The Morgan fingerprint density at radius 2 is 2.05 bits per heavy atom. The highest BCUT2D eigenvalue weighted by atomic mass is 16.5. The minimum Gasteiger partial charge on any atom is -0.497 e. The van der Waals surface area contributed by atoms with Crippen LogP contribution in [-0.4, -0.2) is 27.2 Å². The molecule has 3 heteroatoms. The summed E-state index contributed by atoms with van der Waals surface area (Å²) in [6, 6.07) is 16.9. The van der Waals surface area contributed by atoms with Gasteiger partial charge in [0.2, 0.25) is 0 Å². The first-order valence-electron chi connectivity index (χ1n) is 7.46. The molecule has 2 aromatic carbocycles. The Morgan fingerprint density at radius 1 is 1.19 bits per heavy atom. The van der Waals surface area contributed by atoms with Gasteiger partial charge in [0.1, 0.15) is 5.75 Å². The second kappa shape index (κ2) is 6.08. The number of rotatable bonds is 5. The second-order valence-corrected chi connectivity index (χ2v) is 5.58. The summed E-state index contributed by atoms with van der Waals surface area (Å²) in [6.45, 7) is 2.08. The highest BCUT2D eigenvalue weighted by Crippen LogP contribution is 2.33. The largest absolute Gasteiger partial charge is 0.497 e. The van der Waals surface area contributed by atoms with Crippen molar-refractivity contribution in [2.24, 2.45) is 0 Å². The van der Waals surface area contributed by atoms with Crippen molar-refractivity contribution in [2.75, 3.05) is 37.5 Å². The van der Waals surface area contributed by atoms with Crippen LogP contribution in [-0.2, 0) is 0 Å². The zero-order valence-corrected chi connectivity index (χ0v) is 12.7. The van der Waals surface area contributed by atoms with Gasteiger partial charge in [-0.3, -0.25) is 0 Å². The van der Waals surface area contributed by atoms with Crippen LogP contribution in [0.25, 0.3) is 0 Å². The molecule has 0 saturated heterocycles. The molecule has 0 bridgehead atoms. The number of nitrogens with zero attached hydrogens (tertiary/aromatic N) is 1. The maximum atomic E-state index is 5.29. The van der Waals surface area contributed by atoms with E-state index in [1.165, 1.54) is 16.9 Å². The van der Waals surface area contributed by atoms with Crippen LogP contribution >= 0.6 is 0 Å². The molecule has 1 aliphatic heterocycles. The summed E-state index contributed by atoms with van der Waals surface area (Å²) in [5, 5.41) is 3.49. The number of hydrogen-bond donors (Lipinski definition) is 1. The van der Waals surface area contributed by atoms with E-state index in [1.54, 1.807) is 7.11 Å². The lowest BCUT2D eigenvalue weighted by Gasteiger charge is -2.22. The van der Waals surface area contributed by atoms with Crippen molar-refractivity contribution < 1.29 is 4.74 Å². The van der Waals surface area contributed by atoms with Crippen molar-refractivity contribution in [1.82, 2.24) is 0 Å². The summed E-state index contributed by atoms with van der Waals surface area (Å²) in [5.74, 6) is 1.52. The number of para-hydroxylation sites is 1. The van der Waals surface area contributed by atoms with Gasteiger partial charge in [-0.25, -0.2) is 0 Å². The summed E-state index contributed by atoms with van der Waals surface area (Å²) in [6.07, 6.45) is 1.15. The first kappa shape index (κ1) is 13.8. The topological polar surface area (TPSA) is 24.5 Å². The van der Waals surface area contributed by atoms with Crippen molar-refractivity contribution in [3.05, 3.63) is 54.1 Å². The first-order valence-corrected chi connectivity index (χ1v) is 7.46. The number of methoxy groups -OCH3 is 1. The monoisotopic (exact) mass is 282 g/mol. The minimum atomic E-state index is 0.606. The van der Waals surface area contributed by atoms with Crippen LogP contribution < -0.4 is 15.0 Å². The molecule has 1 aliphatic rings. The van der Waals surface area contributed by atoms with Gasteiger partial charge in [0.15, 0.2) is 0 Å². The molecular weight excluding hydrogens is 260 g/mol. The van der Waals surface area contributed by atoms with Crippen LogP contribution in [0, 0.1) is 0 Å². The van der Waals surface area contributed by atoms with Crippen LogP contribution in [0.5, 0.6) is 5.75 Å². The van der Waals surface area contributed by atoms with Gasteiger partial charge < -0.3 is 15.0 Å². The lowest BCUT2D eigenvalue weighted by atomic mass is 9.98. The minimum absolute atomic E-state index is 0.606. The molecule has 2 aromatic rings. The van der Waals surface area contributed by atoms with Crippen LogP contribution in [0.1, 0.15) is 17.9 Å². The molecule has 1 unspecified atom stereocenters. The average Bonchev–Trinajstić information content (AvgIpc) is 2.96. The van der Waals surface area contributed by atoms with Crippen molar-refractivity contribution in [3.8, 4) is 5.75 Å². The van der Waals surface area contributed by atoms with Gasteiger partial charge in [-0.05, 0) is 30.2 Å². The van der Waals surface area contributed by atoms with Gasteiger partial charge in [0, 0.05) is 43.5 Å². The Labute approximate surface area is 126 Å². The Kier molecular flexibility index (Phi) is 4.00. The molecule has 1 atom stereocenters. The van der Waals surface area contributed by atoms with Crippen LogP contribution in [0.15, 0.2) is 48.5 Å². The van der Waals surface area contributed by atoms with Crippen molar-refractivity contribution >= 4 is 11.4 Å². The van der Waals surface area contributed by atoms with Crippen molar-refractivity contribution in [1.29, 1.82) is 0 Å². The van der Waals surface area contributed by atoms with Crippen molar-refractivity contribution in [3.63, 3.8) is 0 Å². The fraction of sp³-hybridized carbons (Fsp3) is 0.333. The molecule has 0 fully saturated rings. The standard InChI is InChI=1S/C18H22N2O/c1-20(15-6-5-7-16(12-15)21-2)11-10-14-13-19-18-9-4-3-8-17(14)18/h3-9,12,14,19H,10-11,13H2,1-2H3. The molecular formula is C18H22N2O. The van der Waals surface area contributed by atoms with E-state index < -0.39 is 0 Å². The smallest absolute Gasteiger partial charge is 0.120 e. The predicted octanol–water partition coefficient (Wildman–Crippen LogP) is 3.73. The molecule has 0 amide bonds. The Bertz CT molecular complexity index is 612. The van der Waals surface area contributed by atoms with Gasteiger partial charge in [-0.1, -0.05) is 24.3 Å². The van der Waals surface area contributed by atoms with Crippen LogP contribution in [0.3, 0.4) is 0 Å². The highest BCUT2D eigenvalue weighted by molar-refractivity contribution is 5.57. The van der Waals surface area contributed by atoms with Crippen molar-refractivity contribution in [2.45, 2.75) is 12.3 Å². The molecule has 1 heterocycles. The molecule has 0 aliphatic carbocycles. The van der Waals surface area contributed by atoms with Crippen LogP contribution in [0.4, 0.5) is 11.4 Å². The van der Waals surface area contributed by atoms with Gasteiger partial charge in [-0.15, -0.1) is 0 Å². The zero-order chi connectivity index (χ0) is 14.7.